The van der Waals surface area contributed by atoms with Crippen LogP contribution in [0.1, 0.15) is 15.9 Å². The van der Waals surface area contributed by atoms with Crippen LogP contribution in [0.25, 0.3) is 0 Å². The second kappa shape index (κ2) is 5.82. The molecule has 0 amide bonds. The Morgan fingerprint density at radius 3 is 2.72 bits per heavy atom. The molecule has 18 heavy (non-hydrogen) atoms. The molecule has 2 aromatic rings. The molecule has 0 radical (unpaired) electrons. The molecule has 0 N–H and O–H groups in total. The summed E-state index contributed by atoms with van der Waals surface area (Å²) in [6.07, 6.45) is 2.99. The predicted molar refractivity (Wildman–Crippen MR) is 66.4 cm³/mol. The van der Waals surface area contributed by atoms with Gasteiger partial charge in [-0.3, -0.25) is 4.98 Å². The molecule has 0 aliphatic carbocycles. The van der Waals surface area contributed by atoms with Crippen molar-refractivity contribution in [1.82, 2.24) is 4.98 Å². The molecule has 4 nitrogen and oxygen atoms in total. The largest absolute Gasteiger partial charge is 0.495 e. The zero-order valence-corrected chi connectivity index (χ0v) is 10.00. The molecular weight excluding hydrogens is 230 g/mol. The highest BCUT2D eigenvalue weighted by Gasteiger charge is 2.08. The summed E-state index contributed by atoms with van der Waals surface area (Å²) in [6.45, 7) is 0.247. The molecule has 2 rings (SSSR count). The Kier molecular flexibility index (Phi) is 3.91. The number of hydrogen-bond acceptors (Lipinski definition) is 4. The molecule has 1 heterocycles. The van der Waals surface area contributed by atoms with Crippen LogP contribution in [0.4, 0.5) is 0 Å². The molecule has 1 aromatic carbocycles. The van der Waals surface area contributed by atoms with Crippen molar-refractivity contribution in [2.24, 2.45) is 0 Å². The molecule has 1 aromatic heterocycles. The molecule has 0 saturated heterocycles. The molecule has 0 bridgehead atoms. The van der Waals surface area contributed by atoms with Crippen LogP contribution in [0.2, 0.25) is 0 Å². The number of hydrogen-bond donors (Lipinski definition) is 0. The van der Waals surface area contributed by atoms with Crippen molar-refractivity contribution in [3.8, 4) is 5.75 Å². The van der Waals surface area contributed by atoms with Gasteiger partial charge < -0.3 is 9.47 Å². The van der Waals surface area contributed by atoms with E-state index in [1.54, 1.807) is 6.07 Å². The van der Waals surface area contributed by atoms with Gasteiger partial charge in [-0.1, -0.05) is 30.3 Å². The average Bonchev–Trinajstić information content (AvgIpc) is 2.46. The van der Waals surface area contributed by atoms with E-state index in [4.69, 9.17) is 9.47 Å². The highest BCUT2D eigenvalue weighted by Crippen LogP contribution is 2.12. The van der Waals surface area contributed by atoms with Gasteiger partial charge in [-0.2, -0.15) is 0 Å². The van der Waals surface area contributed by atoms with Crippen molar-refractivity contribution in [2.45, 2.75) is 6.61 Å². The van der Waals surface area contributed by atoms with Crippen molar-refractivity contribution in [1.29, 1.82) is 0 Å². The molecule has 4 heteroatoms. The third-order valence-electron chi connectivity index (χ3n) is 2.40. The zero-order valence-electron chi connectivity index (χ0n) is 10.00. The van der Waals surface area contributed by atoms with E-state index in [1.807, 2.05) is 30.3 Å². The standard InChI is InChI=1S/C14H13NO3/c1-17-13-7-12(8-15-9-13)14(16)18-10-11-5-3-2-4-6-11/h2-9H,10H2,1H3. The Balaban J connectivity index is 1.99. The number of rotatable bonds is 4. The van der Waals surface area contributed by atoms with E-state index in [0.29, 0.717) is 11.3 Å². The van der Waals surface area contributed by atoms with E-state index in [9.17, 15) is 4.79 Å². The first-order chi connectivity index (χ1) is 8.79. The fraction of sp³-hybridized carbons (Fsp3) is 0.143. The summed E-state index contributed by atoms with van der Waals surface area (Å²) in [4.78, 5) is 15.7. The third-order valence-corrected chi connectivity index (χ3v) is 2.40. The van der Waals surface area contributed by atoms with Crippen LogP contribution in [-0.4, -0.2) is 18.1 Å². The van der Waals surface area contributed by atoms with Crippen LogP contribution in [0.3, 0.4) is 0 Å². The van der Waals surface area contributed by atoms with Crippen LogP contribution < -0.4 is 4.74 Å². The normalized spacial score (nSPS) is 9.83. The fourth-order valence-electron chi connectivity index (χ4n) is 1.45. The van der Waals surface area contributed by atoms with E-state index < -0.39 is 5.97 Å². The molecule has 0 fully saturated rings. The molecule has 0 atom stereocenters. The van der Waals surface area contributed by atoms with Gasteiger partial charge in [0.1, 0.15) is 12.4 Å². The minimum Gasteiger partial charge on any atom is -0.495 e. The molecule has 0 unspecified atom stereocenters. The number of esters is 1. The maximum Gasteiger partial charge on any atom is 0.340 e. The van der Waals surface area contributed by atoms with Crippen LogP contribution >= 0.6 is 0 Å². The van der Waals surface area contributed by atoms with Gasteiger partial charge in [0.05, 0.1) is 18.9 Å². The number of aromatic nitrogens is 1. The Hall–Kier alpha value is -2.36. The monoisotopic (exact) mass is 243 g/mol. The summed E-state index contributed by atoms with van der Waals surface area (Å²) in [7, 11) is 1.52. The molecule has 0 aliphatic heterocycles. The molecule has 92 valence electrons. The van der Waals surface area contributed by atoms with Gasteiger partial charge in [0, 0.05) is 6.20 Å². The molecule has 0 aliphatic rings. The average molecular weight is 243 g/mol. The Labute approximate surface area is 105 Å². The van der Waals surface area contributed by atoms with Gasteiger partial charge in [-0.15, -0.1) is 0 Å². The lowest BCUT2D eigenvalue weighted by atomic mass is 10.2. The number of carbonyl (C=O) groups excluding carboxylic acids is 1. The van der Waals surface area contributed by atoms with Gasteiger partial charge >= 0.3 is 5.97 Å². The van der Waals surface area contributed by atoms with Gasteiger partial charge in [-0.25, -0.2) is 4.79 Å². The zero-order chi connectivity index (χ0) is 12.8. The molecular formula is C14H13NO3. The summed E-state index contributed by atoms with van der Waals surface area (Å²) in [6, 6.07) is 11.1. The van der Waals surface area contributed by atoms with Crippen molar-refractivity contribution >= 4 is 5.97 Å². The first-order valence-corrected chi connectivity index (χ1v) is 5.49. The third kappa shape index (κ3) is 3.07. The van der Waals surface area contributed by atoms with Crippen molar-refractivity contribution in [3.05, 3.63) is 59.9 Å². The SMILES string of the molecule is COc1cncc(C(=O)OCc2ccccc2)c1. The summed E-state index contributed by atoms with van der Waals surface area (Å²) in [5.74, 6) is 0.120. The van der Waals surface area contributed by atoms with Gasteiger partial charge in [0.15, 0.2) is 0 Å². The van der Waals surface area contributed by atoms with Crippen molar-refractivity contribution < 1.29 is 14.3 Å². The predicted octanol–water partition coefficient (Wildman–Crippen LogP) is 2.45. The van der Waals surface area contributed by atoms with E-state index in [2.05, 4.69) is 4.98 Å². The maximum atomic E-state index is 11.8. The van der Waals surface area contributed by atoms with Crippen LogP contribution in [0.5, 0.6) is 5.75 Å². The fourth-order valence-corrected chi connectivity index (χ4v) is 1.45. The van der Waals surface area contributed by atoms with Gasteiger partial charge in [0.25, 0.3) is 0 Å². The minimum absolute atomic E-state index is 0.247. The first kappa shape index (κ1) is 12.1. The second-order valence-electron chi connectivity index (χ2n) is 3.68. The number of benzene rings is 1. The summed E-state index contributed by atoms with van der Waals surface area (Å²) in [5, 5.41) is 0. The minimum atomic E-state index is -0.412. The Bertz CT molecular complexity index is 526. The van der Waals surface area contributed by atoms with Crippen molar-refractivity contribution in [3.63, 3.8) is 0 Å². The summed E-state index contributed by atoms with van der Waals surface area (Å²) >= 11 is 0. The number of nitrogens with zero attached hydrogens (tertiary/aromatic N) is 1. The lowest BCUT2D eigenvalue weighted by Crippen LogP contribution is -2.05. The quantitative estimate of drug-likeness (QED) is 0.774. The molecule has 0 spiro atoms. The number of carbonyl (C=O) groups is 1. The Morgan fingerprint density at radius 1 is 1.22 bits per heavy atom. The van der Waals surface area contributed by atoms with E-state index in [1.165, 1.54) is 19.5 Å². The van der Waals surface area contributed by atoms with Gasteiger partial charge in [0.2, 0.25) is 0 Å². The van der Waals surface area contributed by atoms with E-state index in [0.717, 1.165) is 5.56 Å². The van der Waals surface area contributed by atoms with Gasteiger partial charge in [-0.05, 0) is 11.6 Å². The summed E-state index contributed by atoms with van der Waals surface area (Å²) in [5.41, 5.74) is 1.33. The maximum absolute atomic E-state index is 11.8. The lowest BCUT2D eigenvalue weighted by molar-refractivity contribution is 0.0472. The number of ether oxygens (including phenoxy) is 2. The molecule has 0 saturated carbocycles. The lowest BCUT2D eigenvalue weighted by Gasteiger charge is -2.05. The van der Waals surface area contributed by atoms with E-state index >= 15 is 0 Å². The second-order valence-corrected chi connectivity index (χ2v) is 3.68. The topological polar surface area (TPSA) is 48.4 Å². The first-order valence-electron chi connectivity index (χ1n) is 5.49. The van der Waals surface area contributed by atoms with Crippen molar-refractivity contribution in [2.75, 3.05) is 7.11 Å². The summed E-state index contributed by atoms with van der Waals surface area (Å²) < 4.78 is 10.2. The number of pyridine rings is 1. The van der Waals surface area contributed by atoms with Crippen LogP contribution in [0, 0.1) is 0 Å². The highest BCUT2D eigenvalue weighted by molar-refractivity contribution is 5.89. The smallest absolute Gasteiger partial charge is 0.340 e. The van der Waals surface area contributed by atoms with Crippen LogP contribution in [-0.2, 0) is 11.3 Å². The van der Waals surface area contributed by atoms with Crippen LogP contribution in [0.15, 0.2) is 48.8 Å². The Morgan fingerprint density at radius 2 is 2.00 bits per heavy atom. The highest BCUT2D eigenvalue weighted by atomic mass is 16.5. The van der Waals surface area contributed by atoms with E-state index in [-0.39, 0.29) is 6.61 Å². The number of methoxy groups -OCH3 is 1.